The van der Waals surface area contributed by atoms with Crippen molar-refractivity contribution in [3.05, 3.63) is 16.0 Å². The Hall–Kier alpha value is -1.40. The molecule has 128 valence electrons. The van der Waals surface area contributed by atoms with E-state index in [4.69, 9.17) is 0 Å². The third kappa shape index (κ3) is 4.54. The quantitative estimate of drug-likeness (QED) is 0.730. The number of hydrogen-bond acceptors (Lipinski definition) is 4. The predicted molar refractivity (Wildman–Crippen MR) is 90.1 cm³/mol. The van der Waals surface area contributed by atoms with Gasteiger partial charge in [-0.2, -0.15) is 0 Å². The number of carbonyl (C=O) groups is 2. The summed E-state index contributed by atoms with van der Waals surface area (Å²) in [5.41, 5.74) is 1.09. The Labute approximate surface area is 141 Å². The molecule has 0 radical (unpaired) electrons. The maximum atomic E-state index is 12.3. The molecule has 1 heterocycles. The Morgan fingerprint density at radius 3 is 2.43 bits per heavy atom. The molecule has 6 heteroatoms. The summed E-state index contributed by atoms with van der Waals surface area (Å²) in [6, 6.07) is 0. The first-order valence-electron chi connectivity index (χ1n) is 8.56. The first-order valence-corrected chi connectivity index (χ1v) is 9.37. The van der Waals surface area contributed by atoms with Crippen LogP contribution in [0.5, 0.6) is 0 Å². The minimum atomic E-state index is -1.17. The SMILES string of the molecule is CCC[NH+](CCC)CC(=O)Nc1sc2c(c1C(=O)[O-])CCCC2. The number of amides is 1. The van der Waals surface area contributed by atoms with E-state index in [0.29, 0.717) is 11.5 Å². The molecule has 5 nitrogen and oxygen atoms in total. The largest absolute Gasteiger partial charge is 0.545 e. The first kappa shape index (κ1) is 17.9. The van der Waals surface area contributed by atoms with Gasteiger partial charge in [0.1, 0.15) is 5.00 Å². The van der Waals surface area contributed by atoms with Crippen molar-refractivity contribution in [3.63, 3.8) is 0 Å². The highest BCUT2D eigenvalue weighted by molar-refractivity contribution is 7.17. The molecule has 1 amide bonds. The molecular weight excluding hydrogens is 312 g/mol. The summed E-state index contributed by atoms with van der Waals surface area (Å²) in [6.07, 6.45) is 5.81. The number of quaternary nitrogens is 1. The van der Waals surface area contributed by atoms with Gasteiger partial charge in [0.15, 0.2) is 6.54 Å². The summed E-state index contributed by atoms with van der Waals surface area (Å²) in [5, 5.41) is 14.8. The van der Waals surface area contributed by atoms with Crippen molar-refractivity contribution >= 4 is 28.2 Å². The van der Waals surface area contributed by atoms with Crippen LogP contribution in [0.2, 0.25) is 0 Å². The normalized spacial score (nSPS) is 13.9. The van der Waals surface area contributed by atoms with Crippen LogP contribution in [0, 0.1) is 0 Å². The Bertz CT molecular complexity index is 562. The molecule has 1 aromatic rings. The predicted octanol–water partition coefficient (Wildman–Crippen LogP) is 0.634. The molecule has 0 unspecified atom stereocenters. The van der Waals surface area contributed by atoms with Crippen LogP contribution in [-0.2, 0) is 17.6 Å². The second-order valence-electron chi connectivity index (χ2n) is 6.18. The fraction of sp³-hybridized carbons (Fsp3) is 0.647. The molecule has 0 aliphatic heterocycles. The molecule has 0 fully saturated rings. The van der Waals surface area contributed by atoms with Crippen LogP contribution < -0.4 is 15.3 Å². The highest BCUT2D eigenvalue weighted by atomic mass is 32.1. The van der Waals surface area contributed by atoms with Gasteiger partial charge in [-0.3, -0.25) is 4.79 Å². The zero-order chi connectivity index (χ0) is 16.8. The molecule has 23 heavy (non-hydrogen) atoms. The van der Waals surface area contributed by atoms with Crippen LogP contribution in [-0.4, -0.2) is 31.5 Å². The van der Waals surface area contributed by atoms with Gasteiger partial charge in [-0.05, 0) is 44.1 Å². The van der Waals surface area contributed by atoms with E-state index < -0.39 is 5.97 Å². The lowest BCUT2D eigenvalue weighted by molar-refractivity contribution is -0.891. The smallest absolute Gasteiger partial charge is 0.280 e. The molecule has 0 saturated carbocycles. The van der Waals surface area contributed by atoms with E-state index in [1.54, 1.807) is 0 Å². The van der Waals surface area contributed by atoms with Gasteiger partial charge in [-0.15, -0.1) is 11.3 Å². The van der Waals surface area contributed by atoms with Crippen LogP contribution >= 0.6 is 11.3 Å². The highest BCUT2D eigenvalue weighted by Crippen LogP contribution is 2.37. The van der Waals surface area contributed by atoms with Crippen molar-refractivity contribution < 1.29 is 19.6 Å². The molecular formula is C17H26N2O3S. The number of nitrogens with one attached hydrogen (secondary N) is 2. The van der Waals surface area contributed by atoms with Gasteiger partial charge in [0.2, 0.25) is 0 Å². The van der Waals surface area contributed by atoms with Crippen LogP contribution in [0.3, 0.4) is 0 Å². The summed E-state index contributed by atoms with van der Waals surface area (Å²) >= 11 is 1.41. The second kappa shape index (κ2) is 8.45. The molecule has 2 rings (SSSR count). The number of carbonyl (C=O) groups excluding carboxylic acids is 2. The number of anilines is 1. The Morgan fingerprint density at radius 1 is 1.17 bits per heavy atom. The average Bonchev–Trinajstić information content (AvgIpc) is 2.85. The summed E-state index contributed by atoms with van der Waals surface area (Å²) in [4.78, 5) is 26.2. The maximum Gasteiger partial charge on any atom is 0.280 e. The number of fused-ring (bicyclic) bond motifs is 1. The molecule has 0 bridgehead atoms. The molecule has 0 atom stereocenters. The number of thiophene rings is 1. The summed E-state index contributed by atoms with van der Waals surface area (Å²) in [5.74, 6) is -1.28. The van der Waals surface area contributed by atoms with Crippen molar-refractivity contribution in [2.45, 2.75) is 52.4 Å². The molecule has 1 aliphatic rings. The van der Waals surface area contributed by atoms with E-state index in [0.717, 1.165) is 62.1 Å². The van der Waals surface area contributed by atoms with Gasteiger partial charge in [0.05, 0.1) is 19.1 Å². The second-order valence-corrected chi connectivity index (χ2v) is 7.28. The molecule has 1 aliphatic carbocycles. The van der Waals surface area contributed by atoms with Gasteiger partial charge < -0.3 is 20.1 Å². The molecule has 0 spiro atoms. The summed E-state index contributed by atoms with van der Waals surface area (Å²) in [6.45, 7) is 6.51. The molecule has 0 aromatic carbocycles. The standard InChI is InChI=1S/C17H26N2O3S/c1-3-9-19(10-4-2)11-14(20)18-16-15(17(21)22)12-7-5-6-8-13(12)23-16/h3-11H2,1-2H3,(H,18,20)(H,21,22). The van der Waals surface area contributed by atoms with E-state index in [2.05, 4.69) is 19.2 Å². The van der Waals surface area contributed by atoms with Crippen molar-refractivity contribution in [1.82, 2.24) is 0 Å². The summed E-state index contributed by atoms with van der Waals surface area (Å²) in [7, 11) is 0. The Balaban J connectivity index is 2.11. The van der Waals surface area contributed by atoms with Gasteiger partial charge >= 0.3 is 0 Å². The fourth-order valence-electron chi connectivity index (χ4n) is 3.28. The Kier molecular flexibility index (Phi) is 6.59. The van der Waals surface area contributed by atoms with E-state index >= 15 is 0 Å². The van der Waals surface area contributed by atoms with Crippen LogP contribution in [0.25, 0.3) is 0 Å². The maximum absolute atomic E-state index is 12.3. The van der Waals surface area contributed by atoms with Gasteiger partial charge in [0, 0.05) is 10.4 Å². The molecule has 0 saturated heterocycles. The minimum Gasteiger partial charge on any atom is -0.545 e. The third-order valence-electron chi connectivity index (χ3n) is 4.25. The van der Waals surface area contributed by atoms with E-state index in [1.165, 1.54) is 16.2 Å². The highest BCUT2D eigenvalue weighted by Gasteiger charge is 2.23. The topological polar surface area (TPSA) is 73.7 Å². The summed E-state index contributed by atoms with van der Waals surface area (Å²) < 4.78 is 0. The van der Waals surface area contributed by atoms with Crippen molar-refractivity contribution in [2.24, 2.45) is 0 Å². The zero-order valence-electron chi connectivity index (χ0n) is 14.0. The first-order chi connectivity index (χ1) is 11.1. The lowest BCUT2D eigenvalue weighted by Crippen LogP contribution is -3.13. The number of aromatic carboxylic acids is 1. The minimum absolute atomic E-state index is 0.108. The van der Waals surface area contributed by atoms with E-state index in [1.807, 2.05) is 0 Å². The molecule has 1 aromatic heterocycles. The van der Waals surface area contributed by atoms with Gasteiger partial charge in [0.25, 0.3) is 5.91 Å². The van der Waals surface area contributed by atoms with Crippen molar-refractivity contribution in [2.75, 3.05) is 25.0 Å². The Morgan fingerprint density at radius 2 is 1.83 bits per heavy atom. The van der Waals surface area contributed by atoms with Crippen LogP contribution in [0.4, 0.5) is 5.00 Å². The van der Waals surface area contributed by atoms with Gasteiger partial charge in [-0.1, -0.05) is 13.8 Å². The van der Waals surface area contributed by atoms with Crippen molar-refractivity contribution in [3.8, 4) is 0 Å². The van der Waals surface area contributed by atoms with Crippen LogP contribution in [0.1, 0.15) is 60.3 Å². The number of carboxylic acids is 1. The van der Waals surface area contributed by atoms with Crippen molar-refractivity contribution in [1.29, 1.82) is 0 Å². The number of hydrogen-bond donors (Lipinski definition) is 2. The zero-order valence-corrected chi connectivity index (χ0v) is 14.8. The van der Waals surface area contributed by atoms with E-state index in [-0.39, 0.29) is 11.5 Å². The lowest BCUT2D eigenvalue weighted by atomic mass is 9.95. The number of rotatable bonds is 8. The van der Waals surface area contributed by atoms with Gasteiger partial charge in [-0.25, -0.2) is 0 Å². The molecule has 2 N–H and O–H groups in total. The van der Waals surface area contributed by atoms with E-state index in [9.17, 15) is 14.7 Å². The monoisotopic (exact) mass is 338 g/mol. The fourth-order valence-corrected chi connectivity index (χ4v) is 4.57. The lowest BCUT2D eigenvalue weighted by Gasteiger charge is -2.18. The third-order valence-corrected chi connectivity index (χ3v) is 5.45. The average molecular weight is 338 g/mol. The number of carboxylic acid groups (broad SMARTS) is 1. The van der Waals surface area contributed by atoms with Crippen LogP contribution in [0.15, 0.2) is 0 Å². The number of aryl methyl sites for hydroxylation is 1.